The molecule has 3 heterocycles. The summed E-state index contributed by atoms with van der Waals surface area (Å²) in [5.41, 5.74) is 1.46. The van der Waals surface area contributed by atoms with Crippen LogP contribution in [-0.2, 0) is 13.1 Å². The van der Waals surface area contributed by atoms with E-state index in [0.717, 1.165) is 11.6 Å². The van der Waals surface area contributed by atoms with Crippen LogP contribution in [0, 0.1) is 19.7 Å². The van der Waals surface area contributed by atoms with Crippen molar-refractivity contribution < 1.29 is 13.7 Å². The second-order valence-corrected chi connectivity index (χ2v) is 6.01. The SMILES string of the molecule is Cc1onc(-c2ccc(F)cc2)c1C(=O)N1CCn2c(C)nnc2C1. The maximum absolute atomic E-state index is 13.2. The quantitative estimate of drug-likeness (QED) is 0.715. The summed E-state index contributed by atoms with van der Waals surface area (Å²) >= 11 is 0. The Morgan fingerprint density at radius 2 is 1.92 bits per heavy atom. The fraction of sp³-hybridized carbons (Fsp3) is 0.294. The first-order valence-electron chi connectivity index (χ1n) is 7.95. The van der Waals surface area contributed by atoms with Crippen LogP contribution in [0.3, 0.4) is 0 Å². The molecule has 0 unspecified atom stereocenters. The zero-order chi connectivity index (χ0) is 17.6. The Morgan fingerprint density at radius 3 is 2.68 bits per heavy atom. The first-order chi connectivity index (χ1) is 12.0. The summed E-state index contributed by atoms with van der Waals surface area (Å²) in [5, 5.41) is 12.2. The van der Waals surface area contributed by atoms with Gasteiger partial charge in [-0.15, -0.1) is 10.2 Å². The topological polar surface area (TPSA) is 77.0 Å². The Labute approximate surface area is 143 Å². The van der Waals surface area contributed by atoms with Crippen LogP contribution in [0.4, 0.5) is 4.39 Å². The lowest BCUT2D eigenvalue weighted by molar-refractivity contribution is 0.0705. The van der Waals surface area contributed by atoms with Crippen LogP contribution in [0.25, 0.3) is 11.3 Å². The molecular formula is C17H16FN5O2. The number of carbonyl (C=O) groups excluding carboxylic acids is 1. The second kappa shape index (κ2) is 5.80. The summed E-state index contributed by atoms with van der Waals surface area (Å²) in [4.78, 5) is 14.8. The number of hydrogen-bond acceptors (Lipinski definition) is 5. The van der Waals surface area contributed by atoms with Gasteiger partial charge in [-0.05, 0) is 38.1 Å². The van der Waals surface area contributed by atoms with E-state index in [9.17, 15) is 9.18 Å². The van der Waals surface area contributed by atoms with Gasteiger partial charge in [-0.2, -0.15) is 0 Å². The zero-order valence-electron chi connectivity index (χ0n) is 13.9. The van der Waals surface area contributed by atoms with Crippen molar-refractivity contribution in [2.45, 2.75) is 26.9 Å². The summed E-state index contributed by atoms with van der Waals surface area (Å²) in [5.74, 6) is 1.52. The molecule has 128 valence electrons. The van der Waals surface area contributed by atoms with Crippen LogP contribution in [0.2, 0.25) is 0 Å². The number of fused-ring (bicyclic) bond motifs is 1. The molecule has 4 rings (SSSR count). The number of rotatable bonds is 2. The van der Waals surface area contributed by atoms with E-state index in [2.05, 4.69) is 15.4 Å². The molecule has 0 bridgehead atoms. The molecule has 0 spiro atoms. The highest BCUT2D eigenvalue weighted by Gasteiger charge is 2.29. The van der Waals surface area contributed by atoms with E-state index in [4.69, 9.17) is 4.52 Å². The Morgan fingerprint density at radius 1 is 1.16 bits per heavy atom. The lowest BCUT2D eigenvalue weighted by atomic mass is 10.0. The van der Waals surface area contributed by atoms with E-state index in [-0.39, 0.29) is 11.7 Å². The first-order valence-corrected chi connectivity index (χ1v) is 7.95. The number of hydrogen-bond donors (Lipinski definition) is 0. The van der Waals surface area contributed by atoms with Crippen molar-refractivity contribution in [2.24, 2.45) is 0 Å². The van der Waals surface area contributed by atoms with Gasteiger partial charge in [0.25, 0.3) is 5.91 Å². The van der Waals surface area contributed by atoms with Crippen molar-refractivity contribution in [1.29, 1.82) is 0 Å². The monoisotopic (exact) mass is 341 g/mol. The Balaban J connectivity index is 1.67. The highest BCUT2D eigenvalue weighted by atomic mass is 19.1. The van der Waals surface area contributed by atoms with Gasteiger partial charge < -0.3 is 14.0 Å². The standard InChI is InChI=1S/C17H16FN5O2/c1-10-15(16(21-25-10)12-3-5-13(18)6-4-12)17(24)22-7-8-23-11(2)19-20-14(23)9-22/h3-6H,7-9H2,1-2H3. The van der Waals surface area contributed by atoms with Gasteiger partial charge in [0.1, 0.15) is 28.7 Å². The van der Waals surface area contributed by atoms with E-state index in [1.54, 1.807) is 24.0 Å². The molecule has 2 aromatic heterocycles. The van der Waals surface area contributed by atoms with E-state index in [0.29, 0.717) is 42.2 Å². The first kappa shape index (κ1) is 15.5. The molecule has 1 aromatic carbocycles. The van der Waals surface area contributed by atoms with E-state index in [1.165, 1.54) is 12.1 Å². The molecule has 0 saturated heterocycles. The van der Waals surface area contributed by atoms with Gasteiger partial charge >= 0.3 is 0 Å². The number of aryl methyl sites for hydroxylation is 2. The molecular weight excluding hydrogens is 325 g/mol. The number of amides is 1. The van der Waals surface area contributed by atoms with Gasteiger partial charge in [0, 0.05) is 18.7 Å². The molecule has 1 aliphatic heterocycles. The third-order valence-electron chi connectivity index (χ3n) is 4.42. The minimum absolute atomic E-state index is 0.176. The summed E-state index contributed by atoms with van der Waals surface area (Å²) < 4.78 is 20.4. The summed E-state index contributed by atoms with van der Waals surface area (Å²) in [6.45, 7) is 5.18. The average molecular weight is 341 g/mol. The molecule has 25 heavy (non-hydrogen) atoms. The van der Waals surface area contributed by atoms with Gasteiger partial charge in [0.05, 0.1) is 6.54 Å². The zero-order valence-corrected chi connectivity index (χ0v) is 13.9. The fourth-order valence-electron chi connectivity index (χ4n) is 3.06. The van der Waals surface area contributed by atoms with Crippen LogP contribution in [0.1, 0.15) is 27.8 Å². The molecule has 7 nitrogen and oxygen atoms in total. The Kier molecular flexibility index (Phi) is 3.60. The third kappa shape index (κ3) is 2.59. The second-order valence-electron chi connectivity index (χ2n) is 6.01. The van der Waals surface area contributed by atoms with Crippen molar-refractivity contribution in [2.75, 3.05) is 6.54 Å². The maximum Gasteiger partial charge on any atom is 0.260 e. The highest BCUT2D eigenvalue weighted by Crippen LogP contribution is 2.27. The average Bonchev–Trinajstić information content (AvgIpc) is 3.18. The Bertz CT molecular complexity index is 945. The van der Waals surface area contributed by atoms with Crippen LogP contribution in [0.5, 0.6) is 0 Å². The van der Waals surface area contributed by atoms with Crippen molar-refractivity contribution in [3.63, 3.8) is 0 Å². The predicted octanol–water partition coefficient (Wildman–Crippen LogP) is 2.35. The molecule has 0 aliphatic carbocycles. The predicted molar refractivity (Wildman–Crippen MR) is 86.1 cm³/mol. The van der Waals surface area contributed by atoms with Crippen LogP contribution in [0.15, 0.2) is 28.8 Å². The third-order valence-corrected chi connectivity index (χ3v) is 4.42. The molecule has 0 saturated carbocycles. The van der Waals surface area contributed by atoms with Gasteiger partial charge in [-0.3, -0.25) is 4.79 Å². The summed E-state index contributed by atoms with van der Waals surface area (Å²) in [7, 11) is 0. The lowest BCUT2D eigenvalue weighted by Crippen LogP contribution is -2.39. The molecule has 0 radical (unpaired) electrons. The van der Waals surface area contributed by atoms with E-state index >= 15 is 0 Å². The van der Waals surface area contributed by atoms with Gasteiger partial charge in [-0.25, -0.2) is 4.39 Å². The highest BCUT2D eigenvalue weighted by molar-refractivity contribution is 6.00. The molecule has 3 aromatic rings. The summed E-state index contributed by atoms with van der Waals surface area (Å²) in [6, 6.07) is 5.83. The lowest BCUT2D eigenvalue weighted by Gasteiger charge is -2.27. The Hall–Kier alpha value is -3.03. The molecule has 0 atom stereocenters. The van der Waals surface area contributed by atoms with Gasteiger partial charge in [-0.1, -0.05) is 5.16 Å². The number of benzene rings is 1. The molecule has 1 amide bonds. The molecule has 1 aliphatic rings. The number of carbonyl (C=O) groups is 1. The van der Waals surface area contributed by atoms with Gasteiger partial charge in [0.15, 0.2) is 5.82 Å². The van der Waals surface area contributed by atoms with Crippen LogP contribution in [-0.4, -0.2) is 37.3 Å². The minimum atomic E-state index is -0.345. The van der Waals surface area contributed by atoms with Crippen molar-refractivity contribution in [3.05, 3.63) is 53.1 Å². The van der Waals surface area contributed by atoms with E-state index < -0.39 is 0 Å². The van der Waals surface area contributed by atoms with Crippen molar-refractivity contribution >= 4 is 5.91 Å². The number of halogens is 1. The number of nitrogens with zero attached hydrogens (tertiary/aromatic N) is 5. The summed E-state index contributed by atoms with van der Waals surface area (Å²) in [6.07, 6.45) is 0. The fourth-order valence-corrected chi connectivity index (χ4v) is 3.06. The molecule has 8 heteroatoms. The maximum atomic E-state index is 13.2. The van der Waals surface area contributed by atoms with Gasteiger partial charge in [0.2, 0.25) is 0 Å². The molecule has 0 fully saturated rings. The molecule has 0 N–H and O–H groups in total. The van der Waals surface area contributed by atoms with Crippen molar-refractivity contribution in [1.82, 2.24) is 24.8 Å². The smallest absolute Gasteiger partial charge is 0.260 e. The largest absolute Gasteiger partial charge is 0.360 e. The number of aromatic nitrogens is 4. The minimum Gasteiger partial charge on any atom is -0.360 e. The van der Waals surface area contributed by atoms with E-state index in [1.807, 2.05) is 11.5 Å². The van der Waals surface area contributed by atoms with Crippen molar-refractivity contribution in [3.8, 4) is 11.3 Å². The van der Waals surface area contributed by atoms with Crippen LogP contribution < -0.4 is 0 Å². The normalized spacial score (nSPS) is 13.8. The van der Waals surface area contributed by atoms with Crippen LogP contribution >= 0.6 is 0 Å².